The van der Waals surface area contributed by atoms with E-state index in [1.165, 1.54) is 37.7 Å². The van der Waals surface area contributed by atoms with Crippen molar-refractivity contribution < 1.29 is 4.79 Å². The number of rotatable bonds is 0. The van der Waals surface area contributed by atoms with Crippen LogP contribution in [0.1, 0.15) is 58.8 Å². The van der Waals surface area contributed by atoms with Crippen LogP contribution in [-0.2, 0) is 4.79 Å². The van der Waals surface area contributed by atoms with E-state index in [4.69, 9.17) is 0 Å². The highest BCUT2D eigenvalue weighted by atomic mass is 16.1. The molecule has 1 nitrogen and oxygen atoms in total. The van der Waals surface area contributed by atoms with Crippen LogP contribution in [0, 0.1) is 11.3 Å². The third-order valence-corrected chi connectivity index (χ3v) is 4.12. The number of carbonyl (C=O) groups excluding carboxylic acids is 1. The zero-order valence-electron chi connectivity index (χ0n) is 10.0. The first-order valence-corrected chi connectivity index (χ1v) is 6.34. The summed E-state index contributed by atoms with van der Waals surface area (Å²) >= 11 is 0. The molecule has 15 heavy (non-hydrogen) atoms. The highest BCUT2D eigenvalue weighted by Crippen LogP contribution is 2.45. The Kier molecular flexibility index (Phi) is 2.99. The second-order valence-corrected chi connectivity index (χ2v) is 5.78. The summed E-state index contributed by atoms with van der Waals surface area (Å²) in [6.45, 7) is 4.61. The molecule has 0 saturated heterocycles. The molecule has 1 atom stereocenters. The topological polar surface area (TPSA) is 17.1 Å². The summed E-state index contributed by atoms with van der Waals surface area (Å²) in [6.07, 6.45) is 10.3. The van der Waals surface area contributed by atoms with Crippen molar-refractivity contribution in [3.05, 3.63) is 11.6 Å². The first kappa shape index (κ1) is 10.9. The van der Waals surface area contributed by atoms with Crippen LogP contribution in [0.5, 0.6) is 0 Å². The van der Waals surface area contributed by atoms with Crippen molar-refractivity contribution in [2.24, 2.45) is 11.3 Å². The van der Waals surface area contributed by atoms with Gasteiger partial charge in [-0.2, -0.15) is 0 Å². The normalized spacial score (nSPS) is 34.7. The van der Waals surface area contributed by atoms with Gasteiger partial charge < -0.3 is 0 Å². The van der Waals surface area contributed by atoms with Crippen molar-refractivity contribution in [2.45, 2.75) is 58.8 Å². The van der Waals surface area contributed by atoms with E-state index >= 15 is 0 Å². The minimum Gasteiger partial charge on any atom is -0.295 e. The first-order chi connectivity index (χ1) is 7.09. The lowest BCUT2D eigenvalue weighted by Crippen LogP contribution is -2.28. The third-order valence-electron chi connectivity index (χ3n) is 4.12. The zero-order chi connectivity index (χ0) is 10.9. The van der Waals surface area contributed by atoms with Crippen molar-refractivity contribution in [3.63, 3.8) is 0 Å². The van der Waals surface area contributed by atoms with Crippen molar-refractivity contribution in [2.75, 3.05) is 0 Å². The molecule has 0 aromatic rings. The molecule has 2 rings (SSSR count). The van der Waals surface area contributed by atoms with Gasteiger partial charge in [0.15, 0.2) is 5.78 Å². The molecule has 0 aromatic heterocycles. The van der Waals surface area contributed by atoms with Gasteiger partial charge in [0.2, 0.25) is 0 Å². The van der Waals surface area contributed by atoms with Gasteiger partial charge in [0.1, 0.15) is 0 Å². The monoisotopic (exact) mass is 206 g/mol. The molecule has 0 aromatic carbocycles. The molecule has 1 saturated carbocycles. The van der Waals surface area contributed by atoms with Crippen LogP contribution < -0.4 is 0 Å². The van der Waals surface area contributed by atoms with E-state index in [9.17, 15) is 4.79 Å². The van der Waals surface area contributed by atoms with Crippen LogP contribution in [0.25, 0.3) is 0 Å². The lowest BCUT2D eigenvalue weighted by molar-refractivity contribution is -0.115. The van der Waals surface area contributed by atoms with E-state index in [1.807, 2.05) is 6.08 Å². The lowest BCUT2D eigenvalue weighted by atomic mass is 9.65. The molecular weight excluding hydrogens is 184 g/mol. The van der Waals surface area contributed by atoms with Crippen molar-refractivity contribution in [3.8, 4) is 0 Å². The number of fused-ring (bicyclic) bond motifs is 1. The molecule has 2 aliphatic rings. The Labute approximate surface area is 92.9 Å². The Morgan fingerprint density at radius 2 is 1.93 bits per heavy atom. The Morgan fingerprint density at radius 1 is 1.20 bits per heavy atom. The van der Waals surface area contributed by atoms with Crippen molar-refractivity contribution in [1.29, 1.82) is 0 Å². The highest BCUT2D eigenvalue weighted by Gasteiger charge is 2.34. The quantitative estimate of drug-likeness (QED) is 0.588. The number of ketones is 1. The van der Waals surface area contributed by atoms with Crippen LogP contribution >= 0.6 is 0 Å². The minimum absolute atomic E-state index is 0.274. The van der Waals surface area contributed by atoms with E-state index in [0.717, 1.165) is 12.8 Å². The standard InChI is InChI=1S/C14H22O/c1-14(2)9-5-7-11-6-3-4-8-12(15)10-13(11)14/h10-11H,3-9H2,1-2H3/b13-10+. The minimum atomic E-state index is 0.274. The Bertz CT molecular complexity index is 286. The van der Waals surface area contributed by atoms with Crippen LogP contribution in [-0.4, -0.2) is 5.78 Å². The Hall–Kier alpha value is -0.590. The number of hydrogen-bond acceptors (Lipinski definition) is 1. The molecule has 0 bridgehead atoms. The van der Waals surface area contributed by atoms with Crippen LogP contribution in [0.2, 0.25) is 0 Å². The second kappa shape index (κ2) is 4.11. The summed E-state index contributed by atoms with van der Waals surface area (Å²) in [4.78, 5) is 11.7. The molecule has 2 aliphatic carbocycles. The predicted molar refractivity (Wildman–Crippen MR) is 62.7 cm³/mol. The highest BCUT2D eigenvalue weighted by molar-refractivity contribution is 5.90. The summed E-state index contributed by atoms with van der Waals surface area (Å²) in [5.74, 6) is 1.07. The van der Waals surface area contributed by atoms with E-state index in [2.05, 4.69) is 13.8 Å². The van der Waals surface area contributed by atoms with Gasteiger partial charge >= 0.3 is 0 Å². The molecule has 0 radical (unpaired) electrons. The van der Waals surface area contributed by atoms with Gasteiger partial charge in [-0.25, -0.2) is 0 Å². The molecule has 1 fully saturated rings. The van der Waals surface area contributed by atoms with Gasteiger partial charge in [0.25, 0.3) is 0 Å². The zero-order valence-corrected chi connectivity index (χ0v) is 10.0. The smallest absolute Gasteiger partial charge is 0.155 e. The molecule has 0 heterocycles. The molecule has 84 valence electrons. The summed E-state index contributed by atoms with van der Waals surface area (Å²) in [7, 11) is 0. The van der Waals surface area contributed by atoms with E-state index in [0.29, 0.717) is 11.7 Å². The van der Waals surface area contributed by atoms with Gasteiger partial charge in [-0.1, -0.05) is 32.3 Å². The Balaban J connectivity index is 2.29. The summed E-state index contributed by atoms with van der Waals surface area (Å²) < 4.78 is 0. The van der Waals surface area contributed by atoms with Gasteiger partial charge in [0.05, 0.1) is 0 Å². The van der Waals surface area contributed by atoms with Gasteiger partial charge in [-0.05, 0) is 43.1 Å². The average molecular weight is 206 g/mol. The average Bonchev–Trinajstić information content (AvgIpc) is 2.13. The number of carbonyl (C=O) groups is 1. The second-order valence-electron chi connectivity index (χ2n) is 5.78. The van der Waals surface area contributed by atoms with Crippen LogP contribution in [0.15, 0.2) is 11.6 Å². The van der Waals surface area contributed by atoms with Gasteiger partial charge in [-0.3, -0.25) is 4.79 Å². The lowest BCUT2D eigenvalue weighted by Gasteiger charge is -2.39. The van der Waals surface area contributed by atoms with E-state index in [1.54, 1.807) is 0 Å². The van der Waals surface area contributed by atoms with Crippen LogP contribution in [0.4, 0.5) is 0 Å². The van der Waals surface area contributed by atoms with E-state index in [-0.39, 0.29) is 5.41 Å². The predicted octanol–water partition coefficient (Wildman–Crippen LogP) is 3.88. The van der Waals surface area contributed by atoms with E-state index < -0.39 is 0 Å². The Morgan fingerprint density at radius 3 is 2.73 bits per heavy atom. The number of allylic oxidation sites excluding steroid dienone is 2. The molecule has 1 heteroatoms. The third kappa shape index (κ3) is 2.32. The summed E-state index contributed by atoms with van der Waals surface area (Å²) in [5, 5.41) is 0. The number of hydrogen-bond donors (Lipinski definition) is 0. The summed E-state index contributed by atoms with van der Waals surface area (Å²) in [6, 6.07) is 0. The largest absolute Gasteiger partial charge is 0.295 e. The van der Waals surface area contributed by atoms with Crippen LogP contribution in [0.3, 0.4) is 0 Å². The fraction of sp³-hybridized carbons (Fsp3) is 0.786. The van der Waals surface area contributed by atoms with Crippen molar-refractivity contribution in [1.82, 2.24) is 0 Å². The molecule has 0 spiro atoms. The SMILES string of the molecule is CC1(C)CCCC2CCCCC(=O)/C=C\21. The van der Waals surface area contributed by atoms with Gasteiger partial charge in [-0.15, -0.1) is 0 Å². The fourth-order valence-corrected chi connectivity index (χ4v) is 3.19. The molecule has 0 amide bonds. The fourth-order valence-electron chi connectivity index (χ4n) is 3.19. The molecule has 0 aliphatic heterocycles. The van der Waals surface area contributed by atoms with Crippen molar-refractivity contribution >= 4 is 5.78 Å². The maximum absolute atomic E-state index is 11.7. The maximum atomic E-state index is 11.7. The first-order valence-electron chi connectivity index (χ1n) is 6.34. The maximum Gasteiger partial charge on any atom is 0.155 e. The molecule has 1 unspecified atom stereocenters. The summed E-state index contributed by atoms with van der Waals surface area (Å²) in [5.41, 5.74) is 1.73. The molecular formula is C14H22O. The van der Waals surface area contributed by atoms with Gasteiger partial charge in [0, 0.05) is 6.42 Å². The molecule has 0 N–H and O–H groups in total.